The first-order valence-corrected chi connectivity index (χ1v) is 10.9. The van der Waals surface area contributed by atoms with E-state index in [2.05, 4.69) is 5.32 Å². The van der Waals surface area contributed by atoms with E-state index in [0.29, 0.717) is 21.2 Å². The van der Waals surface area contributed by atoms with Gasteiger partial charge in [0.25, 0.3) is 0 Å². The van der Waals surface area contributed by atoms with Gasteiger partial charge >= 0.3 is 0 Å². The minimum absolute atomic E-state index is 0.0709. The summed E-state index contributed by atoms with van der Waals surface area (Å²) in [6, 6.07) is 19.7. The summed E-state index contributed by atoms with van der Waals surface area (Å²) in [6.45, 7) is -0.0709. The average Bonchev–Trinajstić information content (AvgIpc) is 2.80. The van der Waals surface area contributed by atoms with Crippen molar-refractivity contribution in [3.8, 4) is 0 Å². The number of likely N-dealkylation sites (N-methyl/N-ethyl adjacent to an activating group) is 1. The third-order valence-electron chi connectivity index (χ3n) is 5.21. The predicted octanol–water partition coefficient (Wildman–Crippen LogP) is 5.06. The SMILES string of the molecule is CNC(=O)[C@H](Cc1ccccc1)N(Cc1ccccc1F)C(=O)Cc1c(Cl)cccc1Cl. The van der Waals surface area contributed by atoms with Crippen molar-refractivity contribution in [1.29, 1.82) is 0 Å². The van der Waals surface area contributed by atoms with Crippen LogP contribution in [0.3, 0.4) is 0 Å². The molecule has 1 atom stereocenters. The molecular weight excluding hydrogens is 450 g/mol. The van der Waals surface area contributed by atoms with Gasteiger partial charge in [-0.15, -0.1) is 0 Å². The monoisotopic (exact) mass is 472 g/mol. The van der Waals surface area contributed by atoms with Crippen molar-refractivity contribution in [3.05, 3.63) is 105 Å². The molecule has 32 heavy (non-hydrogen) atoms. The highest BCUT2D eigenvalue weighted by atomic mass is 35.5. The van der Waals surface area contributed by atoms with Gasteiger partial charge in [-0.3, -0.25) is 9.59 Å². The summed E-state index contributed by atoms with van der Waals surface area (Å²) in [7, 11) is 1.51. The Morgan fingerprint density at radius 1 is 0.938 bits per heavy atom. The first kappa shape index (κ1) is 23.8. The number of carbonyl (C=O) groups excluding carboxylic acids is 2. The molecule has 0 heterocycles. The molecule has 0 saturated carbocycles. The van der Waals surface area contributed by atoms with Crippen LogP contribution in [0.25, 0.3) is 0 Å². The predicted molar refractivity (Wildman–Crippen MR) is 125 cm³/mol. The zero-order chi connectivity index (χ0) is 23.1. The van der Waals surface area contributed by atoms with Crippen molar-refractivity contribution in [2.75, 3.05) is 7.05 Å². The van der Waals surface area contributed by atoms with E-state index < -0.39 is 11.9 Å². The van der Waals surface area contributed by atoms with Crippen molar-refractivity contribution in [1.82, 2.24) is 10.2 Å². The Morgan fingerprint density at radius 3 is 2.19 bits per heavy atom. The van der Waals surface area contributed by atoms with Crippen LogP contribution < -0.4 is 5.32 Å². The number of hydrogen-bond donors (Lipinski definition) is 1. The number of benzene rings is 3. The third-order valence-corrected chi connectivity index (χ3v) is 5.91. The summed E-state index contributed by atoms with van der Waals surface area (Å²) >= 11 is 12.5. The number of halogens is 3. The third kappa shape index (κ3) is 5.87. The molecule has 0 fully saturated rings. The Bertz CT molecular complexity index is 1070. The van der Waals surface area contributed by atoms with Gasteiger partial charge in [0.05, 0.1) is 6.42 Å². The maximum atomic E-state index is 14.5. The van der Waals surface area contributed by atoms with Gasteiger partial charge in [0.15, 0.2) is 0 Å². The number of nitrogens with one attached hydrogen (secondary N) is 1. The van der Waals surface area contributed by atoms with Crippen LogP contribution in [0.1, 0.15) is 16.7 Å². The summed E-state index contributed by atoms with van der Waals surface area (Å²) < 4.78 is 14.5. The van der Waals surface area contributed by atoms with Gasteiger partial charge in [-0.2, -0.15) is 0 Å². The van der Waals surface area contributed by atoms with Crippen molar-refractivity contribution in [2.24, 2.45) is 0 Å². The van der Waals surface area contributed by atoms with E-state index in [1.54, 1.807) is 36.4 Å². The Kier molecular flexibility index (Phi) is 8.26. The minimum Gasteiger partial charge on any atom is -0.357 e. The molecule has 0 aliphatic heterocycles. The molecule has 166 valence electrons. The molecular formula is C25H23Cl2FN2O2. The van der Waals surface area contributed by atoms with Gasteiger partial charge in [-0.1, -0.05) is 77.8 Å². The average molecular weight is 473 g/mol. The Morgan fingerprint density at radius 2 is 1.56 bits per heavy atom. The molecule has 0 unspecified atom stereocenters. The fraction of sp³-hybridized carbons (Fsp3) is 0.200. The molecule has 2 amide bonds. The van der Waals surface area contributed by atoms with Gasteiger partial charge in [-0.25, -0.2) is 4.39 Å². The van der Waals surface area contributed by atoms with Crippen LogP contribution in [0, 0.1) is 5.82 Å². The molecule has 0 spiro atoms. The van der Waals surface area contributed by atoms with Gasteiger partial charge in [0.1, 0.15) is 11.9 Å². The number of nitrogens with zero attached hydrogens (tertiary/aromatic N) is 1. The molecule has 0 bridgehead atoms. The molecule has 0 saturated heterocycles. The molecule has 0 aliphatic carbocycles. The fourth-order valence-corrected chi connectivity index (χ4v) is 4.02. The summed E-state index contributed by atoms with van der Waals surface area (Å²) in [5.74, 6) is -1.17. The summed E-state index contributed by atoms with van der Waals surface area (Å²) in [4.78, 5) is 27.8. The van der Waals surface area contributed by atoms with E-state index in [1.165, 1.54) is 18.0 Å². The lowest BCUT2D eigenvalue weighted by Crippen LogP contribution is -2.50. The van der Waals surface area contributed by atoms with Crippen LogP contribution in [0.5, 0.6) is 0 Å². The van der Waals surface area contributed by atoms with Gasteiger partial charge in [0, 0.05) is 35.6 Å². The zero-order valence-electron chi connectivity index (χ0n) is 17.5. The first-order valence-electron chi connectivity index (χ1n) is 10.1. The van der Waals surface area contributed by atoms with E-state index in [4.69, 9.17) is 23.2 Å². The van der Waals surface area contributed by atoms with Crippen molar-refractivity contribution in [2.45, 2.75) is 25.4 Å². The first-order chi connectivity index (χ1) is 15.4. The second-order valence-electron chi connectivity index (χ2n) is 7.31. The van der Waals surface area contributed by atoms with Gasteiger partial charge < -0.3 is 10.2 Å². The van der Waals surface area contributed by atoms with Crippen molar-refractivity contribution in [3.63, 3.8) is 0 Å². The number of rotatable bonds is 8. The fourth-order valence-electron chi connectivity index (χ4n) is 3.48. The van der Waals surface area contributed by atoms with Gasteiger partial charge in [-0.05, 0) is 29.3 Å². The molecule has 3 rings (SSSR count). The smallest absolute Gasteiger partial charge is 0.242 e. The summed E-state index contributed by atoms with van der Waals surface area (Å²) in [5, 5.41) is 3.34. The van der Waals surface area contributed by atoms with E-state index >= 15 is 0 Å². The van der Waals surface area contributed by atoms with Crippen molar-refractivity contribution >= 4 is 35.0 Å². The topological polar surface area (TPSA) is 49.4 Å². The highest BCUT2D eigenvalue weighted by molar-refractivity contribution is 6.36. The normalized spacial score (nSPS) is 11.6. The number of hydrogen-bond acceptors (Lipinski definition) is 2. The molecule has 4 nitrogen and oxygen atoms in total. The van der Waals surface area contributed by atoms with Crippen LogP contribution in [-0.4, -0.2) is 29.8 Å². The van der Waals surface area contributed by atoms with Crippen LogP contribution in [-0.2, 0) is 29.0 Å². The van der Waals surface area contributed by atoms with E-state index in [-0.39, 0.29) is 31.2 Å². The van der Waals surface area contributed by atoms with E-state index in [9.17, 15) is 14.0 Å². The number of carbonyl (C=O) groups is 2. The molecule has 1 N–H and O–H groups in total. The van der Waals surface area contributed by atoms with Crippen LogP contribution >= 0.6 is 23.2 Å². The molecule has 7 heteroatoms. The van der Waals surface area contributed by atoms with Crippen LogP contribution in [0.15, 0.2) is 72.8 Å². The lowest BCUT2D eigenvalue weighted by atomic mass is 10.0. The van der Waals surface area contributed by atoms with E-state index in [1.807, 2.05) is 30.3 Å². The summed E-state index contributed by atoms with van der Waals surface area (Å²) in [5.41, 5.74) is 1.66. The van der Waals surface area contributed by atoms with Gasteiger partial charge in [0.2, 0.25) is 11.8 Å². The maximum Gasteiger partial charge on any atom is 0.242 e. The lowest BCUT2D eigenvalue weighted by Gasteiger charge is -2.31. The summed E-state index contributed by atoms with van der Waals surface area (Å²) in [6.07, 6.45) is 0.159. The Balaban J connectivity index is 1.99. The maximum absolute atomic E-state index is 14.5. The molecule has 0 radical (unpaired) electrons. The molecule has 3 aromatic carbocycles. The number of amides is 2. The molecule has 0 aliphatic rings. The van der Waals surface area contributed by atoms with Crippen LogP contribution in [0.4, 0.5) is 4.39 Å². The second-order valence-corrected chi connectivity index (χ2v) is 8.12. The Labute approximate surface area is 197 Å². The largest absolute Gasteiger partial charge is 0.357 e. The standard InChI is InChI=1S/C25H23Cl2FN2O2/c1-29-25(32)23(14-17-8-3-2-4-9-17)30(16-18-10-5-6-13-22(18)28)24(31)15-19-20(26)11-7-12-21(19)27/h2-13,23H,14-16H2,1H3,(H,29,32)/t23-/m0/s1. The molecule has 0 aromatic heterocycles. The Hall–Kier alpha value is -2.89. The van der Waals surface area contributed by atoms with Crippen molar-refractivity contribution < 1.29 is 14.0 Å². The highest BCUT2D eigenvalue weighted by Gasteiger charge is 2.31. The highest BCUT2D eigenvalue weighted by Crippen LogP contribution is 2.26. The quantitative estimate of drug-likeness (QED) is 0.497. The minimum atomic E-state index is -0.851. The van der Waals surface area contributed by atoms with Crippen LogP contribution in [0.2, 0.25) is 10.0 Å². The second kappa shape index (κ2) is 11.1. The zero-order valence-corrected chi connectivity index (χ0v) is 19.0. The lowest BCUT2D eigenvalue weighted by molar-refractivity contribution is -0.140. The molecule has 3 aromatic rings. The van der Waals surface area contributed by atoms with E-state index in [0.717, 1.165) is 5.56 Å².